The summed E-state index contributed by atoms with van der Waals surface area (Å²) in [5.41, 5.74) is 1.80. The van der Waals surface area contributed by atoms with Gasteiger partial charge in [-0.1, -0.05) is 12.1 Å². The van der Waals surface area contributed by atoms with E-state index in [1.807, 2.05) is 24.3 Å². The van der Waals surface area contributed by atoms with E-state index in [2.05, 4.69) is 10.6 Å². The molecule has 0 saturated carbocycles. The van der Waals surface area contributed by atoms with Gasteiger partial charge in [-0.05, 0) is 24.1 Å². The zero-order valence-electron chi connectivity index (χ0n) is 13.9. The molecule has 9 nitrogen and oxygen atoms in total. The molecule has 5 N–H and O–H groups in total. The van der Waals surface area contributed by atoms with E-state index in [1.165, 1.54) is 4.90 Å². The number of anilines is 1. The molecule has 0 aliphatic rings. The average Bonchev–Trinajstić information content (AvgIpc) is 2.52. The fourth-order valence-corrected chi connectivity index (χ4v) is 2.42. The van der Waals surface area contributed by atoms with Gasteiger partial charge in [0.05, 0.1) is 19.6 Å². The van der Waals surface area contributed by atoms with Crippen LogP contribution in [-0.4, -0.2) is 77.4 Å². The van der Waals surface area contributed by atoms with Crippen LogP contribution in [0.15, 0.2) is 24.3 Å². The Kier molecular flexibility index (Phi) is 8.37. The molecular weight excluding hydrogens is 330 g/mol. The standard InChI is InChI=1S/C16H23N3O6/c1-17-12-4-2-11(3-5-12)6-13(7-18-8-14(20)21)19(9-15(22)23)10-16(24)25/h2-5,13,17-18H,6-10H2,1H3,(H,20,21)(H,22,23)(H,24,25)/t13-/m0/s1. The van der Waals surface area contributed by atoms with Crippen molar-refractivity contribution < 1.29 is 29.7 Å². The first kappa shape index (κ1) is 20.4. The molecule has 0 saturated heterocycles. The van der Waals surface area contributed by atoms with Crippen molar-refractivity contribution >= 4 is 23.6 Å². The predicted octanol–water partition coefficient (Wildman–Crippen LogP) is -0.215. The highest BCUT2D eigenvalue weighted by Crippen LogP contribution is 2.13. The lowest BCUT2D eigenvalue weighted by molar-refractivity contribution is -0.143. The molecule has 0 bridgehead atoms. The number of nitrogens with one attached hydrogen (secondary N) is 2. The van der Waals surface area contributed by atoms with E-state index in [-0.39, 0.29) is 13.1 Å². The van der Waals surface area contributed by atoms with Crippen LogP contribution in [-0.2, 0) is 20.8 Å². The smallest absolute Gasteiger partial charge is 0.317 e. The Balaban J connectivity index is 2.91. The molecule has 0 fully saturated rings. The number of aliphatic carboxylic acids is 3. The zero-order valence-corrected chi connectivity index (χ0v) is 13.9. The summed E-state index contributed by atoms with van der Waals surface area (Å²) in [7, 11) is 1.79. The highest BCUT2D eigenvalue weighted by Gasteiger charge is 2.23. The van der Waals surface area contributed by atoms with Crippen molar-refractivity contribution in [1.82, 2.24) is 10.2 Å². The molecule has 0 amide bonds. The first-order valence-corrected chi connectivity index (χ1v) is 7.68. The largest absolute Gasteiger partial charge is 0.480 e. The molecule has 1 aromatic rings. The monoisotopic (exact) mass is 353 g/mol. The van der Waals surface area contributed by atoms with Crippen LogP contribution in [0.2, 0.25) is 0 Å². The van der Waals surface area contributed by atoms with Crippen molar-refractivity contribution in [1.29, 1.82) is 0 Å². The summed E-state index contributed by atoms with van der Waals surface area (Å²) in [5, 5.41) is 32.5. The number of rotatable bonds is 12. The molecule has 1 rings (SSSR count). The van der Waals surface area contributed by atoms with Crippen LogP contribution >= 0.6 is 0 Å². The number of hydrogen-bond donors (Lipinski definition) is 5. The first-order chi connectivity index (χ1) is 11.8. The third-order valence-corrected chi connectivity index (χ3v) is 3.56. The third-order valence-electron chi connectivity index (χ3n) is 3.56. The SMILES string of the molecule is CNc1ccc(C[C@@H](CNCC(=O)O)N(CC(=O)O)CC(=O)O)cc1. The Labute approximate surface area is 145 Å². The zero-order chi connectivity index (χ0) is 18.8. The maximum Gasteiger partial charge on any atom is 0.317 e. The second-order valence-corrected chi connectivity index (χ2v) is 5.52. The van der Waals surface area contributed by atoms with Crippen LogP contribution in [0.5, 0.6) is 0 Å². The van der Waals surface area contributed by atoms with Crippen molar-refractivity contribution in [2.45, 2.75) is 12.5 Å². The van der Waals surface area contributed by atoms with Crippen LogP contribution in [0, 0.1) is 0 Å². The average molecular weight is 353 g/mol. The van der Waals surface area contributed by atoms with E-state index >= 15 is 0 Å². The molecule has 0 heterocycles. The lowest BCUT2D eigenvalue weighted by Gasteiger charge is -2.29. The maximum atomic E-state index is 11.1. The molecule has 25 heavy (non-hydrogen) atoms. The van der Waals surface area contributed by atoms with Gasteiger partial charge in [-0.25, -0.2) is 0 Å². The van der Waals surface area contributed by atoms with Crippen molar-refractivity contribution in [3.63, 3.8) is 0 Å². The van der Waals surface area contributed by atoms with Gasteiger partial charge in [0.1, 0.15) is 0 Å². The number of carbonyl (C=O) groups is 3. The Morgan fingerprint density at radius 3 is 2.00 bits per heavy atom. The van der Waals surface area contributed by atoms with Gasteiger partial charge in [-0.2, -0.15) is 0 Å². The number of benzene rings is 1. The van der Waals surface area contributed by atoms with E-state index in [0.717, 1.165) is 11.3 Å². The molecule has 1 atom stereocenters. The fraction of sp³-hybridized carbons (Fsp3) is 0.438. The molecule has 138 valence electrons. The molecule has 0 aliphatic heterocycles. The van der Waals surface area contributed by atoms with Gasteiger partial charge in [0.2, 0.25) is 0 Å². The summed E-state index contributed by atoms with van der Waals surface area (Å²) < 4.78 is 0. The van der Waals surface area contributed by atoms with Gasteiger partial charge in [-0.3, -0.25) is 19.3 Å². The number of carboxylic acid groups (broad SMARTS) is 3. The van der Waals surface area contributed by atoms with Gasteiger partial charge >= 0.3 is 17.9 Å². The lowest BCUT2D eigenvalue weighted by atomic mass is 10.0. The summed E-state index contributed by atoms with van der Waals surface area (Å²) in [6, 6.07) is 6.95. The van der Waals surface area contributed by atoms with E-state index < -0.39 is 37.0 Å². The summed E-state index contributed by atoms with van der Waals surface area (Å²) in [6.07, 6.45) is 0.386. The van der Waals surface area contributed by atoms with Crippen molar-refractivity contribution in [3.05, 3.63) is 29.8 Å². The second-order valence-electron chi connectivity index (χ2n) is 5.52. The highest BCUT2D eigenvalue weighted by atomic mass is 16.4. The Morgan fingerprint density at radius 1 is 1.00 bits per heavy atom. The Morgan fingerprint density at radius 2 is 1.56 bits per heavy atom. The van der Waals surface area contributed by atoms with E-state index in [0.29, 0.717) is 6.42 Å². The van der Waals surface area contributed by atoms with Crippen LogP contribution < -0.4 is 10.6 Å². The van der Waals surface area contributed by atoms with Crippen molar-refractivity contribution in [3.8, 4) is 0 Å². The summed E-state index contributed by atoms with van der Waals surface area (Å²) >= 11 is 0. The minimum Gasteiger partial charge on any atom is -0.480 e. The van der Waals surface area contributed by atoms with Crippen LogP contribution in [0.4, 0.5) is 5.69 Å². The van der Waals surface area contributed by atoms with Gasteiger partial charge in [0.15, 0.2) is 0 Å². The maximum absolute atomic E-state index is 11.1. The van der Waals surface area contributed by atoms with E-state index in [4.69, 9.17) is 15.3 Å². The lowest BCUT2D eigenvalue weighted by Crippen LogP contribution is -2.48. The number of nitrogens with zero attached hydrogens (tertiary/aromatic N) is 1. The quantitative estimate of drug-likeness (QED) is 0.345. The Hall–Kier alpha value is -2.65. The van der Waals surface area contributed by atoms with Gasteiger partial charge in [-0.15, -0.1) is 0 Å². The molecular formula is C16H23N3O6. The van der Waals surface area contributed by atoms with Crippen molar-refractivity contribution in [2.75, 3.05) is 38.5 Å². The molecule has 0 unspecified atom stereocenters. The summed E-state index contributed by atoms with van der Waals surface area (Å²) in [4.78, 5) is 34.1. The van der Waals surface area contributed by atoms with E-state index in [9.17, 15) is 14.4 Å². The molecule has 0 aromatic heterocycles. The molecule has 0 radical (unpaired) electrons. The summed E-state index contributed by atoms with van der Waals surface area (Å²) in [6.45, 7) is -1.02. The molecule has 0 aliphatic carbocycles. The summed E-state index contributed by atoms with van der Waals surface area (Å²) in [5.74, 6) is -3.33. The number of carboxylic acids is 3. The minimum absolute atomic E-state index is 0.153. The third kappa shape index (κ3) is 8.13. The first-order valence-electron chi connectivity index (χ1n) is 7.68. The Bertz CT molecular complexity index is 574. The second kappa shape index (κ2) is 10.3. The van der Waals surface area contributed by atoms with Crippen LogP contribution in [0.3, 0.4) is 0 Å². The molecule has 9 heteroatoms. The van der Waals surface area contributed by atoms with E-state index in [1.54, 1.807) is 7.05 Å². The van der Waals surface area contributed by atoms with Gasteiger partial charge in [0, 0.05) is 25.3 Å². The number of hydrogen-bond acceptors (Lipinski definition) is 6. The van der Waals surface area contributed by atoms with Gasteiger partial charge in [0.25, 0.3) is 0 Å². The van der Waals surface area contributed by atoms with Gasteiger partial charge < -0.3 is 26.0 Å². The fourth-order valence-electron chi connectivity index (χ4n) is 2.42. The van der Waals surface area contributed by atoms with Crippen LogP contribution in [0.1, 0.15) is 5.56 Å². The predicted molar refractivity (Wildman–Crippen MR) is 90.8 cm³/mol. The molecule has 0 spiro atoms. The minimum atomic E-state index is -1.14. The van der Waals surface area contributed by atoms with Crippen molar-refractivity contribution in [2.24, 2.45) is 0 Å². The van der Waals surface area contributed by atoms with Crippen LogP contribution in [0.25, 0.3) is 0 Å². The normalized spacial score (nSPS) is 11.9. The molecule has 1 aromatic carbocycles. The highest BCUT2D eigenvalue weighted by molar-refractivity contribution is 5.72. The topological polar surface area (TPSA) is 139 Å².